The van der Waals surface area contributed by atoms with Gasteiger partial charge in [-0.3, -0.25) is 19.2 Å². The Morgan fingerprint density at radius 1 is 0.837 bits per heavy atom. The molecule has 0 aliphatic carbocycles. The van der Waals surface area contributed by atoms with Crippen molar-refractivity contribution in [2.24, 2.45) is 11.5 Å². The summed E-state index contributed by atoms with van der Waals surface area (Å²) in [4.78, 5) is 72.4. The summed E-state index contributed by atoms with van der Waals surface area (Å²) in [5.74, 6) is -4.17. The van der Waals surface area contributed by atoms with E-state index in [1.165, 1.54) is 0 Å². The molecule has 5 atom stereocenters. The predicted molar refractivity (Wildman–Crippen MR) is 151 cm³/mol. The number of nitrogens with one attached hydrogen (secondary N) is 3. The maximum Gasteiger partial charge on any atom is 0.408 e. The number of nitrogens with two attached hydrogens (primary N) is 2. The second-order valence-electron chi connectivity index (χ2n) is 10.0. The molecular formula is C29H35N5O9. The zero-order valence-corrected chi connectivity index (χ0v) is 23.3. The van der Waals surface area contributed by atoms with Crippen LogP contribution in [-0.2, 0) is 46.5 Å². The van der Waals surface area contributed by atoms with Crippen LogP contribution in [0.2, 0.25) is 0 Å². The molecule has 3 rings (SSSR count). The number of carbonyl (C=O) groups is 6. The van der Waals surface area contributed by atoms with E-state index >= 15 is 0 Å². The molecule has 1 fully saturated rings. The van der Waals surface area contributed by atoms with Gasteiger partial charge in [0, 0.05) is 6.42 Å². The highest BCUT2D eigenvalue weighted by Gasteiger charge is 2.47. The number of hydrogen-bond donors (Lipinski definition) is 6. The van der Waals surface area contributed by atoms with Crippen LogP contribution in [0.25, 0.3) is 0 Å². The van der Waals surface area contributed by atoms with Gasteiger partial charge in [0.25, 0.3) is 0 Å². The molecule has 0 radical (unpaired) electrons. The van der Waals surface area contributed by atoms with Gasteiger partial charge in [0.05, 0.1) is 25.0 Å². The van der Waals surface area contributed by atoms with Gasteiger partial charge in [-0.05, 0) is 24.0 Å². The Kier molecular flexibility index (Phi) is 12.0. The molecule has 1 saturated heterocycles. The quantitative estimate of drug-likeness (QED) is 0.133. The molecule has 0 spiro atoms. The third kappa shape index (κ3) is 11.4. The third-order valence-electron chi connectivity index (χ3n) is 6.57. The molecule has 43 heavy (non-hydrogen) atoms. The number of carboxylic acids is 1. The Labute approximate surface area is 247 Å². The standard InChI is InChI=1S/C29H35N5O9/c30-23(35)12-11-19(28(39)40)32-25(37)15-22-26(43-22)20(13-17-7-3-1-4-8-17)33-27(38)21(14-24(31)36)34-29(41)42-16-18-9-5-2-6-10-18/h1-10,19-22,26H,11-16H2,(H2,30,35)(H2,31,36)(H,32,37)(H,33,38)(H,34,41)(H,39,40)/t19-,20?,21+,22?,26?/m0/s1. The smallest absolute Gasteiger partial charge is 0.408 e. The van der Waals surface area contributed by atoms with Crippen LogP contribution >= 0.6 is 0 Å². The van der Waals surface area contributed by atoms with Gasteiger partial charge in [0.15, 0.2) is 0 Å². The molecule has 0 saturated carbocycles. The molecule has 8 N–H and O–H groups in total. The fraction of sp³-hybridized carbons (Fsp3) is 0.379. The van der Waals surface area contributed by atoms with E-state index in [1.54, 1.807) is 24.3 Å². The molecular weight excluding hydrogens is 562 g/mol. The first-order valence-electron chi connectivity index (χ1n) is 13.6. The summed E-state index contributed by atoms with van der Waals surface area (Å²) in [5.41, 5.74) is 12.0. The van der Waals surface area contributed by atoms with Crippen molar-refractivity contribution < 1.29 is 43.3 Å². The van der Waals surface area contributed by atoms with Crippen LogP contribution in [0.4, 0.5) is 4.79 Å². The van der Waals surface area contributed by atoms with Gasteiger partial charge in [0.2, 0.25) is 23.6 Å². The topological polar surface area (TPSA) is 233 Å². The summed E-state index contributed by atoms with van der Waals surface area (Å²) in [7, 11) is 0. The van der Waals surface area contributed by atoms with Crippen LogP contribution in [0.1, 0.15) is 36.8 Å². The molecule has 14 nitrogen and oxygen atoms in total. The van der Waals surface area contributed by atoms with Crippen LogP contribution in [0.15, 0.2) is 60.7 Å². The lowest BCUT2D eigenvalue weighted by molar-refractivity contribution is -0.142. The summed E-state index contributed by atoms with van der Waals surface area (Å²) in [6.07, 6.45) is -3.02. The summed E-state index contributed by atoms with van der Waals surface area (Å²) in [6.45, 7) is -0.0564. The number of benzene rings is 2. The number of hydrogen-bond acceptors (Lipinski definition) is 8. The molecule has 1 aliphatic rings. The first kappa shape index (κ1) is 32.5. The first-order valence-corrected chi connectivity index (χ1v) is 13.6. The highest BCUT2D eigenvalue weighted by Crippen LogP contribution is 2.30. The fourth-order valence-electron chi connectivity index (χ4n) is 4.37. The number of carboxylic acid groups (broad SMARTS) is 1. The Morgan fingerprint density at radius 3 is 2.05 bits per heavy atom. The lowest BCUT2D eigenvalue weighted by atomic mass is 9.99. The Hall–Kier alpha value is -4.98. The average molecular weight is 598 g/mol. The molecule has 230 valence electrons. The van der Waals surface area contributed by atoms with E-state index in [0.29, 0.717) is 0 Å². The van der Waals surface area contributed by atoms with Crippen LogP contribution in [0, 0.1) is 0 Å². The lowest BCUT2D eigenvalue weighted by Gasteiger charge is -2.22. The maximum atomic E-state index is 13.3. The summed E-state index contributed by atoms with van der Waals surface area (Å²) in [5, 5.41) is 16.9. The van der Waals surface area contributed by atoms with Crippen LogP contribution in [0.3, 0.4) is 0 Å². The van der Waals surface area contributed by atoms with Gasteiger partial charge in [-0.25, -0.2) is 9.59 Å². The first-order chi connectivity index (χ1) is 20.5. The van der Waals surface area contributed by atoms with E-state index in [4.69, 9.17) is 20.9 Å². The molecule has 2 aromatic carbocycles. The predicted octanol–water partition coefficient (Wildman–Crippen LogP) is -0.123. The van der Waals surface area contributed by atoms with Crippen molar-refractivity contribution in [1.82, 2.24) is 16.0 Å². The molecule has 1 heterocycles. The number of primary amides is 2. The van der Waals surface area contributed by atoms with Crippen molar-refractivity contribution in [3.05, 3.63) is 71.8 Å². The van der Waals surface area contributed by atoms with Gasteiger partial charge < -0.3 is 42.0 Å². The minimum atomic E-state index is -1.35. The number of epoxide rings is 1. The lowest BCUT2D eigenvalue weighted by Crippen LogP contribution is -2.53. The monoisotopic (exact) mass is 597 g/mol. The van der Waals surface area contributed by atoms with E-state index in [0.717, 1.165) is 11.1 Å². The fourth-order valence-corrected chi connectivity index (χ4v) is 4.37. The second-order valence-corrected chi connectivity index (χ2v) is 10.0. The minimum Gasteiger partial charge on any atom is -0.480 e. The minimum absolute atomic E-state index is 0.0564. The average Bonchev–Trinajstić information content (AvgIpc) is 3.72. The number of alkyl carbamates (subject to hydrolysis) is 1. The number of ether oxygens (including phenoxy) is 2. The number of carbonyl (C=O) groups excluding carboxylic acids is 5. The number of aliphatic carboxylic acids is 1. The normalized spacial score (nSPS) is 17.4. The van der Waals surface area contributed by atoms with E-state index in [9.17, 15) is 33.9 Å². The highest BCUT2D eigenvalue weighted by atomic mass is 16.6. The molecule has 5 amide bonds. The van der Waals surface area contributed by atoms with Crippen LogP contribution < -0.4 is 27.4 Å². The van der Waals surface area contributed by atoms with Crippen molar-refractivity contribution in [2.45, 2.75) is 69.0 Å². The summed E-state index contributed by atoms with van der Waals surface area (Å²) >= 11 is 0. The van der Waals surface area contributed by atoms with E-state index in [2.05, 4.69) is 16.0 Å². The molecule has 14 heteroatoms. The van der Waals surface area contributed by atoms with E-state index in [-0.39, 0.29) is 32.3 Å². The van der Waals surface area contributed by atoms with Crippen molar-refractivity contribution >= 4 is 35.7 Å². The zero-order valence-electron chi connectivity index (χ0n) is 23.3. The van der Waals surface area contributed by atoms with Crippen LogP contribution in [-0.4, -0.2) is 71.1 Å². The highest BCUT2D eigenvalue weighted by molar-refractivity contribution is 5.90. The van der Waals surface area contributed by atoms with Crippen LogP contribution in [0.5, 0.6) is 0 Å². The maximum absolute atomic E-state index is 13.3. The van der Waals surface area contributed by atoms with Gasteiger partial charge >= 0.3 is 12.1 Å². The Bertz CT molecular complexity index is 1290. The molecule has 3 unspecified atom stereocenters. The SMILES string of the molecule is NC(=O)CC[C@H](NC(=O)CC1OC1C(Cc1ccccc1)NC(=O)[C@@H](CC(N)=O)NC(=O)OCc1ccccc1)C(=O)O. The second kappa shape index (κ2) is 15.9. The largest absolute Gasteiger partial charge is 0.480 e. The van der Waals surface area contributed by atoms with E-state index < -0.39 is 72.4 Å². The summed E-state index contributed by atoms with van der Waals surface area (Å²) < 4.78 is 10.9. The van der Waals surface area contributed by atoms with Gasteiger partial charge in [-0.15, -0.1) is 0 Å². The van der Waals surface area contributed by atoms with Crippen molar-refractivity contribution in [2.75, 3.05) is 0 Å². The van der Waals surface area contributed by atoms with Gasteiger partial charge in [0.1, 0.15) is 24.8 Å². The van der Waals surface area contributed by atoms with Gasteiger partial charge in [-0.1, -0.05) is 60.7 Å². The van der Waals surface area contributed by atoms with Crippen molar-refractivity contribution in [3.63, 3.8) is 0 Å². The van der Waals surface area contributed by atoms with E-state index in [1.807, 2.05) is 36.4 Å². The van der Waals surface area contributed by atoms with Crippen molar-refractivity contribution in [1.29, 1.82) is 0 Å². The number of rotatable bonds is 17. The third-order valence-corrected chi connectivity index (χ3v) is 6.57. The van der Waals surface area contributed by atoms with Crippen molar-refractivity contribution in [3.8, 4) is 0 Å². The Balaban J connectivity index is 1.64. The molecule has 0 bridgehead atoms. The summed E-state index contributed by atoms with van der Waals surface area (Å²) in [6, 6.07) is 14.6. The Morgan fingerprint density at radius 2 is 1.47 bits per heavy atom. The number of amides is 5. The molecule has 1 aliphatic heterocycles. The molecule has 2 aromatic rings. The zero-order chi connectivity index (χ0) is 31.4. The molecule has 0 aromatic heterocycles. The van der Waals surface area contributed by atoms with Gasteiger partial charge in [-0.2, -0.15) is 0 Å².